The summed E-state index contributed by atoms with van der Waals surface area (Å²) in [5.74, 6) is -0.210. The Balaban J connectivity index is 2.38. The van der Waals surface area contributed by atoms with Crippen molar-refractivity contribution in [3.63, 3.8) is 0 Å². The lowest BCUT2D eigenvalue weighted by Crippen LogP contribution is -2.17. The zero-order valence-electron chi connectivity index (χ0n) is 11.4. The normalized spacial score (nSPS) is 9.94. The molecule has 1 aromatic carbocycles. The summed E-state index contributed by atoms with van der Waals surface area (Å²) >= 11 is 0. The zero-order valence-corrected chi connectivity index (χ0v) is 11.4. The molecular weight excluding hydrogens is 228 g/mol. The first-order chi connectivity index (χ1) is 8.63. The largest absolute Gasteiger partial charge is 0.464 e. The molecule has 0 aliphatic rings. The van der Waals surface area contributed by atoms with E-state index >= 15 is 0 Å². The van der Waals surface area contributed by atoms with Crippen molar-refractivity contribution in [2.24, 2.45) is 0 Å². The zero-order chi connectivity index (χ0) is 13.4. The number of hydrogen-bond acceptors (Lipinski definition) is 4. The highest BCUT2D eigenvalue weighted by Crippen LogP contribution is 2.16. The molecule has 0 saturated carbocycles. The Bertz CT molecular complexity index is 378. The fraction of sp³-hybridized carbons (Fsp3) is 0.500. The summed E-state index contributed by atoms with van der Waals surface area (Å²) in [5, 5.41) is 3.07. The van der Waals surface area contributed by atoms with Crippen LogP contribution in [0.5, 0.6) is 0 Å². The third-order valence-electron chi connectivity index (χ3n) is 2.56. The average Bonchev–Trinajstić information content (AvgIpc) is 2.37. The number of rotatable bonds is 7. The first kappa shape index (κ1) is 14.4. The van der Waals surface area contributed by atoms with Crippen LogP contribution >= 0.6 is 0 Å². The van der Waals surface area contributed by atoms with Gasteiger partial charge in [0.05, 0.1) is 6.61 Å². The highest BCUT2D eigenvalue weighted by molar-refractivity contribution is 5.75. The van der Waals surface area contributed by atoms with E-state index in [4.69, 9.17) is 4.74 Å². The summed E-state index contributed by atoms with van der Waals surface area (Å²) in [6, 6.07) is 7.91. The van der Waals surface area contributed by atoms with Crippen LogP contribution < -0.4 is 10.2 Å². The Labute approximate surface area is 109 Å². The minimum absolute atomic E-state index is 0.209. The molecule has 0 aliphatic heterocycles. The number of hydrogen-bond donors (Lipinski definition) is 1. The summed E-state index contributed by atoms with van der Waals surface area (Å²) in [5.41, 5.74) is 2.02. The summed E-state index contributed by atoms with van der Waals surface area (Å²) in [4.78, 5) is 13.4. The molecule has 18 heavy (non-hydrogen) atoms. The van der Waals surface area contributed by atoms with Crippen molar-refractivity contribution in [1.82, 2.24) is 0 Å². The maximum absolute atomic E-state index is 11.4. The van der Waals surface area contributed by atoms with Crippen LogP contribution in [0.15, 0.2) is 24.3 Å². The van der Waals surface area contributed by atoms with E-state index in [2.05, 4.69) is 12.2 Å². The fourth-order valence-corrected chi connectivity index (χ4v) is 1.45. The van der Waals surface area contributed by atoms with E-state index in [0.717, 1.165) is 24.2 Å². The lowest BCUT2D eigenvalue weighted by molar-refractivity contribution is -0.141. The van der Waals surface area contributed by atoms with E-state index in [1.165, 1.54) is 0 Å². The van der Waals surface area contributed by atoms with Crippen molar-refractivity contribution in [2.75, 3.05) is 37.5 Å². The molecule has 4 heteroatoms. The number of anilines is 2. The third kappa shape index (κ3) is 5.08. The van der Waals surface area contributed by atoms with Crippen LogP contribution in [-0.2, 0) is 9.53 Å². The van der Waals surface area contributed by atoms with Crippen molar-refractivity contribution in [3.05, 3.63) is 24.3 Å². The summed E-state index contributed by atoms with van der Waals surface area (Å²) in [7, 11) is 3.97. The van der Waals surface area contributed by atoms with Gasteiger partial charge in [0.25, 0.3) is 0 Å². The highest BCUT2D eigenvalue weighted by atomic mass is 16.5. The smallest absolute Gasteiger partial charge is 0.325 e. The van der Waals surface area contributed by atoms with Crippen LogP contribution in [0.2, 0.25) is 0 Å². The van der Waals surface area contributed by atoms with Crippen molar-refractivity contribution in [3.8, 4) is 0 Å². The van der Waals surface area contributed by atoms with E-state index in [0.29, 0.717) is 6.61 Å². The number of benzene rings is 1. The Hall–Kier alpha value is -1.71. The first-order valence-corrected chi connectivity index (χ1v) is 6.30. The maximum Gasteiger partial charge on any atom is 0.325 e. The van der Waals surface area contributed by atoms with Gasteiger partial charge in [-0.3, -0.25) is 4.79 Å². The van der Waals surface area contributed by atoms with E-state index in [-0.39, 0.29) is 12.5 Å². The quantitative estimate of drug-likeness (QED) is 0.596. The lowest BCUT2D eigenvalue weighted by Gasteiger charge is -2.14. The molecule has 0 atom stereocenters. The SMILES string of the molecule is CCCCOC(=O)CNc1cccc(N(C)C)c1. The fourth-order valence-electron chi connectivity index (χ4n) is 1.45. The van der Waals surface area contributed by atoms with Crippen LogP contribution in [0.1, 0.15) is 19.8 Å². The number of esters is 1. The van der Waals surface area contributed by atoms with Gasteiger partial charge in [0.1, 0.15) is 6.54 Å². The molecule has 1 aromatic rings. The molecule has 1 N–H and O–H groups in total. The molecule has 1 rings (SSSR count). The monoisotopic (exact) mass is 250 g/mol. The van der Waals surface area contributed by atoms with Gasteiger partial charge in [0.15, 0.2) is 0 Å². The minimum atomic E-state index is -0.210. The predicted octanol–water partition coefficient (Wildman–Crippen LogP) is 2.51. The molecule has 0 aromatic heterocycles. The molecule has 0 radical (unpaired) electrons. The Morgan fingerprint density at radius 3 is 2.83 bits per heavy atom. The molecule has 0 fully saturated rings. The van der Waals surface area contributed by atoms with Crippen LogP contribution in [0.4, 0.5) is 11.4 Å². The second-order valence-electron chi connectivity index (χ2n) is 4.37. The highest BCUT2D eigenvalue weighted by Gasteiger charge is 2.03. The van der Waals surface area contributed by atoms with Crippen LogP contribution in [-0.4, -0.2) is 33.2 Å². The molecule has 0 aliphatic carbocycles. The van der Waals surface area contributed by atoms with Gasteiger partial charge in [-0.05, 0) is 24.6 Å². The van der Waals surface area contributed by atoms with Gasteiger partial charge >= 0.3 is 5.97 Å². The van der Waals surface area contributed by atoms with Gasteiger partial charge in [-0.25, -0.2) is 0 Å². The molecule has 0 heterocycles. The Kier molecular flexibility index (Phi) is 6.05. The summed E-state index contributed by atoms with van der Waals surface area (Å²) in [6.45, 7) is 2.79. The lowest BCUT2D eigenvalue weighted by atomic mass is 10.2. The van der Waals surface area contributed by atoms with Gasteiger partial charge in [-0.1, -0.05) is 19.4 Å². The van der Waals surface area contributed by atoms with Crippen LogP contribution in [0.25, 0.3) is 0 Å². The molecule has 0 unspecified atom stereocenters. The van der Waals surface area contributed by atoms with Crippen molar-refractivity contribution >= 4 is 17.3 Å². The van der Waals surface area contributed by atoms with Crippen molar-refractivity contribution in [2.45, 2.75) is 19.8 Å². The van der Waals surface area contributed by atoms with Gasteiger partial charge < -0.3 is 15.0 Å². The maximum atomic E-state index is 11.4. The number of unbranched alkanes of at least 4 members (excludes halogenated alkanes) is 1. The summed E-state index contributed by atoms with van der Waals surface area (Å²) in [6.07, 6.45) is 1.95. The third-order valence-corrected chi connectivity index (χ3v) is 2.56. The van der Waals surface area contributed by atoms with Gasteiger partial charge in [-0.2, -0.15) is 0 Å². The van der Waals surface area contributed by atoms with E-state index in [1.54, 1.807) is 0 Å². The molecule has 4 nitrogen and oxygen atoms in total. The van der Waals surface area contributed by atoms with Crippen LogP contribution in [0.3, 0.4) is 0 Å². The average molecular weight is 250 g/mol. The van der Waals surface area contributed by atoms with E-state index in [9.17, 15) is 4.79 Å². The summed E-state index contributed by atoms with van der Waals surface area (Å²) < 4.78 is 5.07. The molecule has 100 valence electrons. The first-order valence-electron chi connectivity index (χ1n) is 6.30. The number of carbonyl (C=O) groups excluding carboxylic acids is 1. The molecule has 0 spiro atoms. The van der Waals surface area contributed by atoms with E-state index < -0.39 is 0 Å². The topological polar surface area (TPSA) is 41.6 Å². The van der Waals surface area contributed by atoms with E-state index in [1.807, 2.05) is 43.3 Å². The number of ether oxygens (including phenoxy) is 1. The molecule has 0 saturated heterocycles. The van der Waals surface area contributed by atoms with Crippen LogP contribution in [0, 0.1) is 0 Å². The Morgan fingerprint density at radius 1 is 1.39 bits per heavy atom. The number of nitrogens with zero attached hydrogens (tertiary/aromatic N) is 1. The molecule has 0 bridgehead atoms. The standard InChI is InChI=1S/C14H22N2O2/c1-4-5-9-18-14(17)11-15-12-7-6-8-13(10-12)16(2)3/h6-8,10,15H,4-5,9,11H2,1-3H3. The van der Waals surface area contributed by atoms with Gasteiger partial charge in [-0.15, -0.1) is 0 Å². The number of nitrogens with one attached hydrogen (secondary N) is 1. The van der Waals surface area contributed by atoms with Gasteiger partial charge in [0, 0.05) is 25.5 Å². The molecule has 0 amide bonds. The van der Waals surface area contributed by atoms with Gasteiger partial charge in [0.2, 0.25) is 0 Å². The second-order valence-corrected chi connectivity index (χ2v) is 4.37. The number of carbonyl (C=O) groups is 1. The minimum Gasteiger partial charge on any atom is -0.464 e. The Morgan fingerprint density at radius 2 is 2.17 bits per heavy atom. The van der Waals surface area contributed by atoms with Crippen molar-refractivity contribution in [1.29, 1.82) is 0 Å². The second kappa shape index (κ2) is 7.58. The molecular formula is C14H22N2O2. The predicted molar refractivity (Wildman–Crippen MR) is 75.1 cm³/mol. The van der Waals surface area contributed by atoms with Crippen molar-refractivity contribution < 1.29 is 9.53 Å².